The minimum atomic E-state index is -0.502. The number of nitrogens with one attached hydrogen (secondary N) is 1. The van der Waals surface area contributed by atoms with Crippen molar-refractivity contribution < 1.29 is 13.6 Å². The van der Waals surface area contributed by atoms with Gasteiger partial charge in [-0.15, -0.1) is 0 Å². The summed E-state index contributed by atoms with van der Waals surface area (Å²) >= 11 is 0. The van der Waals surface area contributed by atoms with Gasteiger partial charge in [0.1, 0.15) is 11.6 Å². The number of nitrogens with zero attached hydrogens (tertiary/aromatic N) is 1. The lowest BCUT2D eigenvalue weighted by Gasteiger charge is -2.07. The molecule has 6 heteroatoms. The number of oxazole rings is 1. The summed E-state index contributed by atoms with van der Waals surface area (Å²) in [5.74, 6) is 0.191. The van der Waals surface area contributed by atoms with Crippen LogP contribution in [-0.4, -0.2) is 10.9 Å². The number of rotatable bonds is 3. The monoisotopic (exact) mass is 277 g/mol. The Morgan fingerprint density at radius 2 is 2.10 bits per heavy atom. The first-order chi connectivity index (χ1) is 9.38. The summed E-state index contributed by atoms with van der Waals surface area (Å²) in [4.78, 5) is 16.1. The summed E-state index contributed by atoms with van der Waals surface area (Å²) in [6.07, 6.45) is 0. The highest BCUT2D eigenvalue weighted by Gasteiger charge is 2.12. The van der Waals surface area contributed by atoms with E-state index in [1.54, 1.807) is 13.8 Å². The number of carbonyl (C=O) groups is 1. The Labute approximate surface area is 116 Å². The summed E-state index contributed by atoms with van der Waals surface area (Å²) in [6.45, 7) is 5.32. The Morgan fingerprint density at radius 3 is 2.65 bits per heavy atom. The Kier molecular flexibility index (Phi) is 3.74. The highest BCUT2D eigenvalue weighted by Crippen LogP contribution is 2.17. The Bertz CT molecular complexity index is 622. The largest absolute Gasteiger partial charge is 0.444 e. The van der Waals surface area contributed by atoms with Crippen LogP contribution in [0.3, 0.4) is 0 Å². The van der Waals surface area contributed by atoms with Gasteiger partial charge in [-0.25, -0.2) is 9.37 Å². The van der Waals surface area contributed by atoms with Gasteiger partial charge in [0, 0.05) is 16.8 Å². The smallest absolute Gasteiger partial charge is 0.251 e. The van der Waals surface area contributed by atoms with E-state index in [2.05, 4.69) is 10.3 Å². The van der Waals surface area contributed by atoms with Crippen LogP contribution in [0, 0.1) is 26.6 Å². The number of halogens is 1. The highest BCUT2D eigenvalue weighted by molar-refractivity contribution is 5.95. The average Bonchev–Trinajstić information content (AvgIpc) is 2.72. The molecule has 0 aliphatic rings. The Morgan fingerprint density at radius 1 is 1.40 bits per heavy atom. The van der Waals surface area contributed by atoms with Gasteiger partial charge in [-0.1, -0.05) is 0 Å². The Balaban J connectivity index is 2.09. The lowest BCUT2D eigenvalue weighted by molar-refractivity contribution is 0.0946. The molecule has 0 fully saturated rings. The van der Waals surface area contributed by atoms with Crippen LogP contribution in [0.25, 0.3) is 0 Å². The van der Waals surface area contributed by atoms with Crippen LogP contribution in [0.4, 0.5) is 10.1 Å². The van der Waals surface area contributed by atoms with Gasteiger partial charge in [-0.05, 0) is 32.9 Å². The number of aromatic nitrogens is 1. The van der Waals surface area contributed by atoms with E-state index in [1.807, 2.05) is 6.92 Å². The third kappa shape index (κ3) is 2.79. The predicted octanol–water partition coefficient (Wildman–Crippen LogP) is 2.25. The molecular weight excluding hydrogens is 261 g/mol. The maximum atomic E-state index is 13.5. The van der Waals surface area contributed by atoms with E-state index in [-0.39, 0.29) is 17.8 Å². The zero-order chi connectivity index (χ0) is 14.9. The van der Waals surface area contributed by atoms with Crippen LogP contribution in [-0.2, 0) is 6.54 Å². The molecule has 0 spiro atoms. The molecule has 0 saturated heterocycles. The molecule has 0 bridgehead atoms. The van der Waals surface area contributed by atoms with Gasteiger partial charge in [0.05, 0.1) is 12.2 Å². The van der Waals surface area contributed by atoms with E-state index in [4.69, 9.17) is 10.2 Å². The zero-order valence-electron chi connectivity index (χ0n) is 11.6. The minimum absolute atomic E-state index is 0.142. The molecule has 5 nitrogen and oxygen atoms in total. The van der Waals surface area contributed by atoms with Gasteiger partial charge in [0.15, 0.2) is 0 Å². The molecular formula is C14H16FN3O2. The maximum Gasteiger partial charge on any atom is 0.251 e. The van der Waals surface area contributed by atoms with E-state index in [0.29, 0.717) is 17.2 Å². The van der Waals surface area contributed by atoms with Crippen molar-refractivity contribution in [2.45, 2.75) is 27.3 Å². The molecule has 0 unspecified atom stereocenters. The Hall–Kier alpha value is -2.37. The lowest BCUT2D eigenvalue weighted by atomic mass is 10.1. The van der Waals surface area contributed by atoms with E-state index < -0.39 is 11.7 Å². The van der Waals surface area contributed by atoms with Crippen LogP contribution in [0.1, 0.15) is 33.3 Å². The molecule has 20 heavy (non-hydrogen) atoms. The number of hydrogen-bond donors (Lipinski definition) is 2. The van der Waals surface area contributed by atoms with E-state index >= 15 is 0 Å². The van der Waals surface area contributed by atoms with Crippen molar-refractivity contribution in [1.29, 1.82) is 0 Å². The van der Waals surface area contributed by atoms with Gasteiger partial charge in [0.25, 0.3) is 5.91 Å². The number of aryl methyl sites for hydroxylation is 2. The first-order valence-corrected chi connectivity index (χ1v) is 6.15. The van der Waals surface area contributed by atoms with Gasteiger partial charge < -0.3 is 15.5 Å². The molecule has 1 amide bonds. The molecule has 0 aliphatic heterocycles. The molecule has 1 aromatic heterocycles. The molecule has 3 N–H and O–H groups in total. The van der Waals surface area contributed by atoms with Crippen LogP contribution >= 0.6 is 0 Å². The van der Waals surface area contributed by atoms with Crippen LogP contribution < -0.4 is 11.1 Å². The van der Waals surface area contributed by atoms with Crippen molar-refractivity contribution >= 4 is 11.6 Å². The minimum Gasteiger partial charge on any atom is -0.444 e. The number of nitrogens with two attached hydrogens (primary N) is 1. The third-order valence-electron chi connectivity index (χ3n) is 3.12. The van der Waals surface area contributed by atoms with Crippen molar-refractivity contribution in [3.63, 3.8) is 0 Å². The summed E-state index contributed by atoms with van der Waals surface area (Å²) in [6, 6.07) is 2.60. The number of carbonyl (C=O) groups excluding carboxylic acids is 1. The molecule has 106 valence electrons. The second-order valence-corrected chi connectivity index (χ2v) is 4.60. The standard InChI is InChI=1S/C14H16FN3O2/c1-7-11(15)4-10(5-12(7)16)14(19)17-6-13-18-8(2)9(3)20-13/h4-5H,6,16H2,1-3H3,(H,17,19). The first-order valence-electron chi connectivity index (χ1n) is 6.15. The summed E-state index contributed by atoms with van der Waals surface area (Å²) in [5.41, 5.74) is 7.17. The highest BCUT2D eigenvalue weighted by atomic mass is 19.1. The van der Waals surface area contributed by atoms with Crippen LogP contribution in [0.2, 0.25) is 0 Å². The van der Waals surface area contributed by atoms with Crippen molar-refractivity contribution in [2.24, 2.45) is 0 Å². The fraction of sp³-hybridized carbons (Fsp3) is 0.286. The van der Waals surface area contributed by atoms with Gasteiger partial charge in [-0.3, -0.25) is 4.79 Å². The molecule has 0 saturated carbocycles. The first kappa shape index (κ1) is 14.0. The number of benzene rings is 1. The molecule has 1 aromatic carbocycles. The summed E-state index contributed by atoms with van der Waals surface area (Å²) < 4.78 is 18.9. The van der Waals surface area contributed by atoms with Crippen molar-refractivity contribution in [3.05, 3.63) is 46.4 Å². The van der Waals surface area contributed by atoms with Gasteiger partial charge >= 0.3 is 0 Å². The van der Waals surface area contributed by atoms with Crippen molar-refractivity contribution in [1.82, 2.24) is 10.3 Å². The third-order valence-corrected chi connectivity index (χ3v) is 3.12. The number of hydrogen-bond acceptors (Lipinski definition) is 4. The quantitative estimate of drug-likeness (QED) is 0.843. The fourth-order valence-electron chi connectivity index (χ4n) is 1.70. The average molecular weight is 277 g/mol. The molecule has 2 aromatic rings. The van der Waals surface area contributed by atoms with E-state index in [9.17, 15) is 9.18 Å². The van der Waals surface area contributed by atoms with E-state index in [1.165, 1.54) is 6.07 Å². The molecule has 0 aliphatic carbocycles. The zero-order valence-corrected chi connectivity index (χ0v) is 11.6. The topological polar surface area (TPSA) is 81.2 Å². The van der Waals surface area contributed by atoms with E-state index in [0.717, 1.165) is 11.8 Å². The van der Waals surface area contributed by atoms with Crippen LogP contribution in [0.15, 0.2) is 16.5 Å². The second kappa shape index (κ2) is 5.32. The maximum absolute atomic E-state index is 13.5. The normalized spacial score (nSPS) is 10.6. The second-order valence-electron chi connectivity index (χ2n) is 4.60. The van der Waals surface area contributed by atoms with Gasteiger partial charge in [0.2, 0.25) is 5.89 Å². The lowest BCUT2D eigenvalue weighted by Crippen LogP contribution is -2.23. The van der Waals surface area contributed by atoms with Crippen LogP contribution in [0.5, 0.6) is 0 Å². The number of nitrogen functional groups attached to an aromatic ring is 1. The fourth-order valence-corrected chi connectivity index (χ4v) is 1.70. The predicted molar refractivity (Wildman–Crippen MR) is 72.7 cm³/mol. The number of amides is 1. The molecule has 0 radical (unpaired) electrons. The summed E-state index contributed by atoms with van der Waals surface area (Å²) in [7, 11) is 0. The molecule has 0 atom stereocenters. The van der Waals surface area contributed by atoms with Crippen molar-refractivity contribution in [2.75, 3.05) is 5.73 Å². The number of anilines is 1. The SMILES string of the molecule is Cc1nc(CNC(=O)c2cc(N)c(C)c(F)c2)oc1C. The van der Waals surface area contributed by atoms with Crippen molar-refractivity contribution in [3.8, 4) is 0 Å². The molecule has 1 heterocycles. The summed E-state index contributed by atoms with van der Waals surface area (Å²) in [5, 5.41) is 2.61. The van der Waals surface area contributed by atoms with Gasteiger partial charge in [-0.2, -0.15) is 0 Å². The molecule has 2 rings (SSSR count).